The van der Waals surface area contributed by atoms with Crippen LogP contribution in [0.5, 0.6) is 0 Å². The van der Waals surface area contributed by atoms with E-state index in [0.717, 1.165) is 43.3 Å². The minimum Gasteiger partial charge on any atom is -0.384 e. The van der Waals surface area contributed by atoms with Gasteiger partial charge in [-0.1, -0.05) is 63.0 Å². The van der Waals surface area contributed by atoms with Crippen molar-refractivity contribution in [3.8, 4) is 22.5 Å². The number of hydrogen-bond acceptors (Lipinski definition) is 4. The van der Waals surface area contributed by atoms with Gasteiger partial charge in [0.2, 0.25) is 0 Å². The van der Waals surface area contributed by atoms with E-state index in [9.17, 15) is 10.2 Å². The van der Waals surface area contributed by atoms with E-state index in [2.05, 4.69) is 38.8 Å². The smallest absolute Gasteiger partial charge is 0.138 e. The summed E-state index contributed by atoms with van der Waals surface area (Å²) in [6, 6.07) is 23.6. The van der Waals surface area contributed by atoms with E-state index >= 15 is 0 Å². The second-order valence-electron chi connectivity index (χ2n) is 9.64. The Morgan fingerprint density at radius 3 is 1.64 bits per heavy atom. The highest BCUT2D eigenvalue weighted by molar-refractivity contribution is 9.10. The first-order valence-electron chi connectivity index (χ1n) is 12.7. The zero-order valence-electron chi connectivity index (χ0n) is 21.4. The molecule has 2 aromatic carbocycles. The van der Waals surface area contributed by atoms with E-state index in [4.69, 9.17) is 9.97 Å². The molecular weight excluding hydrogens is 620 g/mol. The Balaban J connectivity index is 1.56. The standard InChI is InChI=1S/C31H26Br2N4O2/c1-3-19-13-15-37-25(17-19)35-27(21-6-10-23(33)11-7-21)29(37)31(39)30(38)28-26(20-4-8-22(32)9-5-20)34-24-16-18(2)12-14-36(24)28/h4-17,30-31,38-39H,3H2,1-2H3. The van der Waals surface area contributed by atoms with Crippen LogP contribution in [0.3, 0.4) is 0 Å². The number of hydrogen-bond donors (Lipinski definition) is 2. The highest BCUT2D eigenvalue weighted by atomic mass is 79.9. The van der Waals surface area contributed by atoms with Crippen molar-refractivity contribution in [1.29, 1.82) is 0 Å². The normalized spacial score (nSPS) is 13.3. The van der Waals surface area contributed by atoms with Gasteiger partial charge in [0.1, 0.15) is 23.5 Å². The average molecular weight is 646 g/mol. The average Bonchev–Trinajstić information content (AvgIpc) is 3.51. The number of benzene rings is 2. The van der Waals surface area contributed by atoms with Crippen molar-refractivity contribution in [2.45, 2.75) is 32.5 Å². The molecule has 6 aromatic rings. The van der Waals surface area contributed by atoms with Crippen LogP contribution in [0.15, 0.2) is 94.1 Å². The third kappa shape index (κ3) is 4.72. The van der Waals surface area contributed by atoms with Gasteiger partial charge in [-0.3, -0.25) is 0 Å². The number of rotatable bonds is 6. The second kappa shape index (κ2) is 10.4. The fourth-order valence-electron chi connectivity index (χ4n) is 5.00. The van der Waals surface area contributed by atoms with Crippen molar-refractivity contribution in [2.24, 2.45) is 0 Å². The van der Waals surface area contributed by atoms with E-state index in [1.165, 1.54) is 0 Å². The molecule has 6 nitrogen and oxygen atoms in total. The summed E-state index contributed by atoms with van der Waals surface area (Å²) in [7, 11) is 0. The summed E-state index contributed by atoms with van der Waals surface area (Å²) < 4.78 is 5.63. The Morgan fingerprint density at radius 2 is 1.15 bits per heavy atom. The van der Waals surface area contributed by atoms with Crippen molar-refractivity contribution in [1.82, 2.24) is 18.8 Å². The Kier molecular flexibility index (Phi) is 6.89. The Labute approximate surface area is 242 Å². The number of pyridine rings is 2. The quantitative estimate of drug-likeness (QED) is 0.197. The molecule has 0 saturated carbocycles. The van der Waals surface area contributed by atoms with Crippen LogP contribution >= 0.6 is 31.9 Å². The van der Waals surface area contributed by atoms with Gasteiger partial charge in [0.05, 0.1) is 22.8 Å². The first-order valence-corrected chi connectivity index (χ1v) is 14.3. The number of fused-ring (bicyclic) bond motifs is 2. The molecule has 0 amide bonds. The lowest BCUT2D eigenvalue weighted by Gasteiger charge is -2.21. The predicted octanol–water partition coefficient (Wildman–Crippen LogP) is 7.48. The van der Waals surface area contributed by atoms with Crippen LogP contribution in [0, 0.1) is 6.92 Å². The number of aryl methyl sites for hydroxylation is 2. The second-order valence-corrected chi connectivity index (χ2v) is 11.5. The summed E-state index contributed by atoms with van der Waals surface area (Å²) in [6.45, 7) is 4.10. The van der Waals surface area contributed by atoms with E-state index in [-0.39, 0.29) is 0 Å². The molecule has 0 spiro atoms. The van der Waals surface area contributed by atoms with Crippen molar-refractivity contribution < 1.29 is 10.2 Å². The third-order valence-corrected chi connectivity index (χ3v) is 8.11. The zero-order chi connectivity index (χ0) is 27.3. The van der Waals surface area contributed by atoms with Gasteiger partial charge in [-0.2, -0.15) is 0 Å². The fourth-order valence-corrected chi connectivity index (χ4v) is 5.52. The van der Waals surface area contributed by atoms with Crippen LogP contribution in [-0.2, 0) is 6.42 Å². The molecule has 0 aliphatic rings. The van der Waals surface area contributed by atoms with E-state index in [1.807, 2.05) is 101 Å². The Hall–Kier alpha value is -3.30. The number of aromatic nitrogens is 4. The van der Waals surface area contributed by atoms with Gasteiger partial charge in [0.25, 0.3) is 0 Å². The SMILES string of the molecule is CCc1ccn2c(C(O)C(O)c3c(-c4ccc(Br)cc4)nc4cc(C)ccn34)c(-c3ccc(Br)cc3)nc2c1. The lowest BCUT2D eigenvalue weighted by Crippen LogP contribution is -2.16. The summed E-state index contributed by atoms with van der Waals surface area (Å²) in [5.41, 5.74) is 7.59. The number of aliphatic hydroxyl groups excluding tert-OH is 2. The zero-order valence-corrected chi connectivity index (χ0v) is 24.6. The maximum absolute atomic E-state index is 11.9. The van der Waals surface area contributed by atoms with Gasteiger partial charge < -0.3 is 19.0 Å². The molecule has 39 heavy (non-hydrogen) atoms. The van der Waals surface area contributed by atoms with Crippen LogP contribution < -0.4 is 0 Å². The first-order chi connectivity index (χ1) is 18.8. The van der Waals surface area contributed by atoms with Crippen molar-refractivity contribution in [3.63, 3.8) is 0 Å². The molecule has 0 aliphatic carbocycles. The minimum absolute atomic E-state index is 0.515. The Bertz CT molecular complexity index is 1810. The lowest BCUT2D eigenvalue weighted by atomic mass is 9.99. The molecule has 6 rings (SSSR count). The number of aliphatic hydroxyl groups is 2. The topological polar surface area (TPSA) is 75.1 Å². The number of halogens is 2. The molecule has 0 fully saturated rings. The van der Waals surface area contributed by atoms with Crippen molar-refractivity contribution >= 4 is 43.2 Å². The molecule has 0 bridgehead atoms. The highest BCUT2D eigenvalue weighted by Crippen LogP contribution is 2.40. The lowest BCUT2D eigenvalue weighted by molar-refractivity contribution is 0.0118. The largest absolute Gasteiger partial charge is 0.384 e. The van der Waals surface area contributed by atoms with Crippen LogP contribution in [-0.4, -0.2) is 29.0 Å². The van der Waals surface area contributed by atoms with Gasteiger partial charge in [-0.15, -0.1) is 0 Å². The highest BCUT2D eigenvalue weighted by Gasteiger charge is 2.32. The van der Waals surface area contributed by atoms with Gasteiger partial charge in [0, 0.05) is 32.5 Å². The van der Waals surface area contributed by atoms with Gasteiger partial charge in [-0.25, -0.2) is 9.97 Å². The molecule has 8 heteroatoms. The molecule has 0 saturated heterocycles. The van der Waals surface area contributed by atoms with Crippen molar-refractivity contribution in [3.05, 3.63) is 117 Å². The van der Waals surface area contributed by atoms with Crippen LogP contribution in [0.2, 0.25) is 0 Å². The maximum atomic E-state index is 11.9. The van der Waals surface area contributed by atoms with E-state index in [0.29, 0.717) is 28.4 Å². The predicted molar refractivity (Wildman–Crippen MR) is 161 cm³/mol. The molecule has 4 aromatic heterocycles. The molecule has 0 radical (unpaired) electrons. The fraction of sp³-hybridized carbons (Fsp3) is 0.161. The van der Waals surface area contributed by atoms with Gasteiger partial charge in [0.15, 0.2) is 0 Å². The molecule has 0 aliphatic heterocycles. The minimum atomic E-state index is -1.29. The number of nitrogens with zero attached hydrogens (tertiary/aromatic N) is 4. The van der Waals surface area contributed by atoms with E-state index < -0.39 is 12.2 Å². The van der Waals surface area contributed by atoms with Gasteiger partial charge >= 0.3 is 0 Å². The summed E-state index contributed by atoms with van der Waals surface area (Å²) in [5, 5.41) is 23.9. The van der Waals surface area contributed by atoms with Crippen molar-refractivity contribution in [2.75, 3.05) is 0 Å². The van der Waals surface area contributed by atoms with Crippen LogP contribution in [0.4, 0.5) is 0 Å². The van der Waals surface area contributed by atoms with Gasteiger partial charge in [-0.05, 0) is 73.0 Å². The van der Waals surface area contributed by atoms with Crippen LogP contribution in [0.1, 0.15) is 41.6 Å². The summed E-state index contributed by atoms with van der Waals surface area (Å²) in [6.07, 6.45) is 2.10. The first kappa shape index (κ1) is 26.0. The monoisotopic (exact) mass is 644 g/mol. The molecule has 2 atom stereocenters. The molecule has 2 unspecified atom stereocenters. The summed E-state index contributed by atoms with van der Waals surface area (Å²) >= 11 is 7.00. The van der Waals surface area contributed by atoms with Crippen LogP contribution in [0.25, 0.3) is 33.8 Å². The molecular formula is C31H26Br2N4O2. The number of imidazole rings is 2. The van der Waals surface area contributed by atoms with E-state index in [1.54, 1.807) is 0 Å². The summed E-state index contributed by atoms with van der Waals surface area (Å²) in [5.74, 6) is 0. The Morgan fingerprint density at radius 1 is 0.692 bits per heavy atom. The third-order valence-electron chi connectivity index (χ3n) is 7.05. The maximum Gasteiger partial charge on any atom is 0.138 e. The summed E-state index contributed by atoms with van der Waals surface area (Å²) in [4.78, 5) is 9.80. The molecule has 196 valence electrons. The molecule has 4 heterocycles. The molecule has 2 N–H and O–H groups in total.